The van der Waals surface area contributed by atoms with Crippen LogP contribution in [0, 0.1) is 0 Å². The zero-order chi connectivity index (χ0) is 20.3. The van der Waals surface area contributed by atoms with Gasteiger partial charge in [-0.2, -0.15) is 0 Å². The van der Waals surface area contributed by atoms with Crippen molar-refractivity contribution in [3.63, 3.8) is 0 Å². The normalized spacial score (nSPS) is 10.8. The third-order valence-electron chi connectivity index (χ3n) is 3.29. The van der Waals surface area contributed by atoms with E-state index >= 15 is 0 Å². The number of hydrogen-bond donors (Lipinski definition) is 2. The molecule has 0 saturated heterocycles. The molecule has 0 heterocycles. The van der Waals surface area contributed by atoms with Crippen molar-refractivity contribution in [2.45, 2.75) is 0 Å². The first kappa shape index (κ1) is 24.3. The number of aliphatic hydroxyl groups excluding tert-OH is 2. The lowest BCUT2D eigenvalue weighted by molar-refractivity contribution is 0.0223. The van der Waals surface area contributed by atoms with Crippen LogP contribution in [0.2, 0.25) is 0 Å². The van der Waals surface area contributed by atoms with Crippen LogP contribution >= 0.6 is 0 Å². The summed E-state index contributed by atoms with van der Waals surface area (Å²) in [5.74, 6) is 0.966. The SMILES string of the molecule is O=Cc1ccc(OCCOCCOCCO)c(OCCOCCOCCO)c1. The van der Waals surface area contributed by atoms with Gasteiger partial charge in [0.1, 0.15) is 19.5 Å². The summed E-state index contributed by atoms with van der Waals surface area (Å²) in [5.41, 5.74) is 0.484. The smallest absolute Gasteiger partial charge is 0.162 e. The van der Waals surface area contributed by atoms with Gasteiger partial charge >= 0.3 is 0 Å². The molecular formula is C19H30O9. The van der Waals surface area contributed by atoms with E-state index in [1.807, 2.05) is 0 Å². The highest BCUT2D eigenvalue weighted by molar-refractivity contribution is 5.76. The lowest BCUT2D eigenvalue weighted by atomic mass is 10.2. The van der Waals surface area contributed by atoms with E-state index in [9.17, 15) is 4.79 Å². The van der Waals surface area contributed by atoms with Crippen LogP contribution in [-0.2, 0) is 18.9 Å². The van der Waals surface area contributed by atoms with Crippen LogP contribution in [0.4, 0.5) is 0 Å². The van der Waals surface area contributed by atoms with Gasteiger partial charge in [-0.15, -0.1) is 0 Å². The quantitative estimate of drug-likeness (QED) is 0.249. The molecule has 0 unspecified atom stereocenters. The van der Waals surface area contributed by atoms with Crippen LogP contribution in [0.3, 0.4) is 0 Å². The first-order valence-electron chi connectivity index (χ1n) is 9.19. The Kier molecular flexibility index (Phi) is 15.1. The summed E-state index contributed by atoms with van der Waals surface area (Å²) < 4.78 is 32.2. The highest BCUT2D eigenvalue weighted by atomic mass is 16.6. The molecule has 0 aliphatic rings. The van der Waals surface area contributed by atoms with Gasteiger partial charge in [-0.05, 0) is 18.2 Å². The summed E-state index contributed by atoms with van der Waals surface area (Å²) in [5, 5.41) is 17.2. The van der Waals surface area contributed by atoms with Crippen molar-refractivity contribution in [3.05, 3.63) is 23.8 Å². The molecule has 1 aromatic rings. The highest BCUT2D eigenvalue weighted by Crippen LogP contribution is 2.28. The molecule has 0 amide bonds. The number of ether oxygens (including phenoxy) is 6. The molecule has 0 radical (unpaired) electrons. The molecule has 0 aliphatic carbocycles. The van der Waals surface area contributed by atoms with Gasteiger partial charge in [-0.25, -0.2) is 0 Å². The number of aliphatic hydroxyl groups is 2. The number of hydrogen-bond acceptors (Lipinski definition) is 9. The Hall–Kier alpha value is -1.75. The number of carbonyl (C=O) groups is 1. The fraction of sp³-hybridized carbons (Fsp3) is 0.632. The minimum Gasteiger partial charge on any atom is -0.487 e. The van der Waals surface area contributed by atoms with Crippen LogP contribution in [0.1, 0.15) is 10.4 Å². The van der Waals surface area contributed by atoms with E-state index in [2.05, 4.69) is 0 Å². The van der Waals surface area contributed by atoms with Crippen LogP contribution in [0.15, 0.2) is 18.2 Å². The molecule has 0 bridgehead atoms. The summed E-state index contributed by atoms with van der Waals surface area (Å²) in [6.45, 7) is 3.52. The highest BCUT2D eigenvalue weighted by Gasteiger charge is 2.07. The summed E-state index contributed by atoms with van der Waals surface area (Å²) in [6.07, 6.45) is 0.737. The molecule has 0 spiro atoms. The average Bonchev–Trinajstić information content (AvgIpc) is 2.72. The molecule has 0 saturated carbocycles. The third-order valence-corrected chi connectivity index (χ3v) is 3.29. The van der Waals surface area contributed by atoms with Crippen molar-refractivity contribution >= 4 is 6.29 Å². The topological polar surface area (TPSA) is 113 Å². The van der Waals surface area contributed by atoms with E-state index in [0.717, 1.165) is 6.29 Å². The van der Waals surface area contributed by atoms with Crippen molar-refractivity contribution in [1.29, 1.82) is 0 Å². The standard InChI is InChI=1S/C19H30O9/c20-3-5-23-7-9-25-11-13-27-18-2-1-17(16-22)15-19(18)28-14-12-26-10-8-24-6-4-21/h1-2,15-16,20-21H,3-14H2. The number of carbonyl (C=O) groups excluding carboxylic acids is 1. The second kappa shape index (κ2) is 17.4. The van der Waals surface area contributed by atoms with Crippen molar-refractivity contribution in [2.75, 3.05) is 79.3 Å². The van der Waals surface area contributed by atoms with E-state index < -0.39 is 0 Å². The zero-order valence-electron chi connectivity index (χ0n) is 16.0. The third kappa shape index (κ3) is 11.9. The summed E-state index contributed by atoms with van der Waals surface area (Å²) >= 11 is 0. The molecule has 0 atom stereocenters. The Morgan fingerprint density at radius 2 is 1.11 bits per heavy atom. The number of benzene rings is 1. The van der Waals surface area contributed by atoms with Crippen molar-refractivity contribution in [2.24, 2.45) is 0 Å². The first-order valence-corrected chi connectivity index (χ1v) is 9.19. The average molecular weight is 402 g/mol. The molecule has 0 aliphatic heterocycles. The van der Waals surface area contributed by atoms with Gasteiger partial charge in [0, 0.05) is 5.56 Å². The molecule has 0 fully saturated rings. The van der Waals surface area contributed by atoms with Gasteiger partial charge in [-0.1, -0.05) is 0 Å². The van der Waals surface area contributed by atoms with Crippen LogP contribution < -0.4 is 9.47 Å². The van der Waals surface area contributed by atoms with Crippen LogP contribution in [-0.4, -0.2) is 95.8 Å². The fourth-order valence-corrected chi connectivity index (χ4v) is 2.02. The lowest BCUT2D eigenvalue weighted by Crippen LogP contribution is -2.14. The molecule has 9 heteroatoms. The number of rotatable bonds is 19. The maximum atomic E-state index is 11.0. The van der Waals surface area contributed by atoms with E-state index in [-0.39, 0.29) is 19.8 Å². The van der Waals surface area contributed by atoms with E-state index in [4.69, 9.17) is 38.6 Å². The fourth-order valence-electron chi connectivity index (χ4n) is 2.02. The molecule has 0 aromatic heterocycles. The second-order valence-corrected chi connectivity index (χ2v) is 5.42. The predicted octanol–water partition coefficient (Wildman–Crippen LogP) is 0.308. The molecule has 1 aromatic carbocycles. The molecule has 160 valence electrons. The Balaban J connectivity index is 2.28. The summed E-state index contributed by atoms with van der Waals surface area (Å²) in [6, 6.07) is 4.93. The molecule has 1 rings (SSSR count). The van der Waals surface area contributed by atoms with E-state index in [1.54, 1.807) is 18.2 Å². The monoisotopic (exact) mass is 402 g/mol. The maximum Gasteiger partial charge on any atom is 0.162 e. The van der Waals surface area contributed by atoms with Gasteiger partial charge in [0.15, 0.2) is 11.5 Å². The predicted molar refractivity (Wildman–Crippen MR) is 100 cm³/mol. The zero-order valence-corrected chi connectivity index (χ0v) is 16.0. The van der Waals surface area contributed by atoms with Crippen LogP contribution in [0.5, 0.6) is 11.5 Å². The lowest BCUT2D eigenvalue weighted by Gasteiger charge is -2.14. The van der Waals surface area contributed by atoms with Gasteiger partial charge in [0.2, 0.25) is 0 Å². The van der Waals surface area contributed by atoms with Crippen molar-refractivity contribution < 1.29 is 43.4 Å². The molecule has 2 N–H and O–H groups in total. The van der Waals surface area contributed by atoms with Gasteiger partial charge in [0.05, 0.1) is 66.1 Å². The Morgan fingerprint density at radius 1 is 0.643 bits per heavy atom. The molecule has 28 heavy (non-hydrogen) atoms. The van der Waals surface area contributed by atoms with E-state index in [0.29, 0.717) is 76.5 Å². The minimum absolute atomic E-state index is 0.00873. The summed E-state index contributed by atoms with van der Waals surface area (Å²) in [4.78, 5) is 11.0. The Labute approximate surface area is 165 Å². The molecular weight excluding hydrogens is 372 g/mol. The largest absolute Gasteiger partial charge is 0.487 e. The first-order chi connectivity index (χ1) is 13.8. The molecule has 9 nitrogen and oxygen atoms in total. The van der Waals surface area contributed by atoms with Gasteiger partial charge in [-0.3, -0.25) is 4.79 Å². The maximum absolute atomic E-state index is 11.0. The van der Waals surface area contributed by atoms with Gasteiger partial charge < -0.3 is 38.6 Å². The Morgan fingerprint density at radius 3 is 1.61 bits per heavy atom. The second-order valence-electron chi connectivity index (χ2n) is 5.42. The Bertz CT molecular complexity index is 510. The van der Waals surface area contributed by atoms with Crippen molar-refractivity contribution in [1.82, 2.24) is 0 Å². The van der Waals surface area contributed by atoms with Crippen molar-refractivity contribution in [3.8, 4) is 11.5 Å². The number of aldehydes is 1. The summed E-state index contributed by atoms with van der Waals surface area (Å²) in [7, 11) is 0. The van der Waals surface area contributed by atoms with Gasteiger partial charge in [0.25, 0.3) is 0 Å². The minimum atomic E-state index is -0.0124. The van der Waals surface area contributed by atoms with Crippen LogP contribution in [0.25, 0.3) is 0 Å². The van der Waals surface area contributed by atoms with E-state index in [1.165, 1.54) is 0 Å².